The van der Waals surface area contributed by atoms with Crippen molar-refractivity contribution in [2.24, 2.45) is 0 Å². The van der Waals surface area contributed by atoms with Crippen LogP contribution in [-0.2, 0) is 17.8 Å². The Morgan fingerprint density at radius 1 is 1.11 bits per heavy atom. The SMILES string of the molecule is CCn1cc(C(=O)N[C@@H](Cc2ccccc2)C(=O)NCCN(C)C)c(=O)c2cc3c(cc21)OCO3. The lowest BCUT2D eigenvalue weighted by molar-refractivity contribution is -0.123. The third-order valence-electron chi connectivity index (χ3n) is 5.92. The second-order valence-corrected chi connectivity index (χ2v) is 8.69. The minimum atomic E-state index is -0.839. The predicted octanol–water partition coefficient (Wildman–Crippen LogP) is 1.77. The van der Waals surface area contributed by atoms with Crippen molar-refractivity contribution in [3.05, 3.63) is 70.0 Å². The Balaban J connectivity index is 1.64. The Hall–Kier alpha value is -3.85. The van der Waals surface area contributed by atoms with Crippen molar-refractivity contribution >= 4 is 22.7 Å². The smallest absolute Gasteiger partial charge is 0.257 e. The number of likely N-dealkylation sites (N-methyl/N-ethyl adjacent to an activating group) is 1. The molecular formula is C26H30N4O5. The van der Waals surface area contributed by atoms with Gasteiger partial charge in [0.05, 0.1) is 10.9 Å². The molecule has 0 aliphatic carbocycles. The highest BCUT2D eigenvalue weighted by molar-refractivity contribution is 6.00. The average Bonchev–Trinajstić information content (AvgIpc) is 3.31. The molecule has 3 aromatic rings. The molecule has 35 heavy (non-hydrogen) atoms. The number of nitrogens with one attached hydrogen (secondary N) is 2. The number of carbonyl (C=O) groups excluding carboxylic acids is 2. The van der Waals surface area contributed by atoms with Gasteiger partial charge in [0, 0.05) is 38.3 Å². The topological polar surface area (TPSA) is 102 Å². The second kappa shape index (κ2) is 10.6. The number of ether oxygens (including phenoxy) is 2. The summed E-state index contributed by atoms with van der Waals surface area (Å²) in [7, 11) is 3.83. The van der Waals surface area contributed by atoms with E-state index in [1.54, 1.807) is 12.1 Å². The Morgan fingerprint density at radius 2 is 1.83 bits per heavy atom. The van der Waals surface area contributed by atoms with Crippen molar-refractivity contribution < 1.29 is 19.1 Å². The fourth-order valence-electron chi connectivity index (χ4n) is 4.02. The summed E-state index contributed by atoms with van der Waals surface area (Å²) in [6.45, 7) is 3.66. The molecule has 1 aromatic heterocycles. The van der Waals surface area contributed by atoms with Crippen LogP contribution >= 0.6 is 0 Å². The van der Waals surface area contributed by atoms with Crippen LogP contribution in [0.3, 0.4) is 0 Å². The molecule has 0 unspecified atom stereocenters. The van der Waals surface area contributed by atoms with Crippen molar-refractivity contribution in [2.75, 3.05) is 34.0 Å². The minimum Gasteiger partial charge on any atom is -0.454 e. The largest absolute Gasteiger partial charge is 0.454 e. The molecular weight excluding hydrogens is 448 g/mol. The van der Waals surface area contributed by atoms with Gasteiger partial charge >= 0.3 is 0 Å². The zero-order chi connectivity index (χ0) is 24.9. The van der Waals surface area contributed by atoms with Gasteiger partial charge in [0.15, 0.2) is 11.5 Å². The summed E-state index contributed by atoms with van der Waals surface area (Å²) in [4.78, 5) is 41.6. The molecule has 1 atom stereocenters. The molecule has 2 N–H and O–H groups in total. The van der Waals surface area contributed by atoms with E-state index in [1.807, 2.05) is 60.8 Å². The first-order valence-corrected chi connectivity index (χ1v) is 11.6. The van der Waals surface area contributed by atoms with Crippen LogP contribution in [0.2, 0.25) is 0 Å². The molecule has 4 rings (SSSR count). The van der Waals surface area contributed by atoms with Gasteiger partial charge in [-0.15, -0.1) is 0 Å². The van der Waals surface area contributed by atoms with Gasteiger partial charge < -0.3 is 29.6 Å². The molecule has 0 saturated heterocycles. The maximum atomic E-state index is 13.3. The van der Waals surface area contributed by atoms with Crippen molar-refractivity contribution in [3.63, 3.8) is 0 Å². The first-order chi connectivity index (χ1) is 16.9. The fraction of sp³-hybridized carbons (Fsp3) is 0.346. The Bertz CT molecular complexity index is 1290. The Morgan fingerprint density at radius 3 is 2.51 bits per heavy atom. The van der Waals surface area contributed by atoms with Gasteiger partial charge in [0.2, 0.25) is 18.1 Å². The number of hydrogen-bond donors (Lipinski definition) is 2. The molecule has 2 aromatic carbocycles. The van der Waals surface area contributed by atoms with E-state index in [1.165, 1.54) is 6.20 Å². The quantitative estimate of drug-likeness (QED) is 0.486. The number of aryl methyl sites for hydroxylation is 1. The van der Waals surface area contributed by atoms with Crippen LogP contribution in [-0.4, -0.2) is 61.3 Å². The molecule has 0 spiro atoms. The highest BCUT2D eigenvalue weighted by atomic mass is 16.7. The van der Waals surface area contributed by atoms with E-state index in [0.29, 0.717) is 48.5 Å². The number of hydrogen-bond acceptors (Lipinski definition) is 6. The lowest BCUT2D eigenvalue weighted by atomic mass is 10.0. The van der Waals surface area contributed by atoms with E-state index in [-0.39, 0.29) is 18.3 Å². The zero-order valence-corrected chi connectivity index (χ0v) is 20.2. The monoisotopic (exact) mass is 478 g/mol. The lowest BCUT2D eigenvalue weighted by Crippen LogP contribution is -2.49. The average molecular weight is 479 g/mol. The van der Waals surface area contributed by atoms with Gasteiger partial charge in [0.1, 0.15) is 11.6 Å². The lowest BCUT2D eigenvalue weighted by Gasteiger charge is -2.20. The van der Waals surface area contributed by atoms with Crippen LogP contribution in [0.5, 0.6) is 11.5 Å². The molecule has 0 fully saturated rings. The molecule has 0 bridgehead atoms. The maximum Gasteiger partial charge on any atom is 0.257 e. The number of amides is 2. The Kier molecular flexibility index (Phi) is 7.36. The number of rotatable bonds is 9. The van der Waals surface area contributed by atoms with Crippen molar-refractivity contribution in [3.8, 4) is 11.5 Å². The van der Waals surface area contributed by atoms with Crippen molar-refractivity contribution in [1.29, 1.82) is 0 Å². The highest BCUT2D eigenvalue weighted by Gasteiger charge is 2.25. The highest BCUT2D eigenvalue weighted by Crippen LogP contribution is 2.35. The summed E-state index contributed by atoms with van der Waals surface area (Å²) in [5, 5.41) is 6.03. The van der Waals surface area contributed by atoms with Crippen LogP contribution in [0.1, 0.15) is 22.8 Å². The summed E-state index contributed by atoms with van der Waals surface area (Å²) in [5.41, 5.74) is 1.10. The van der Waals surface area contributed by atoms with E-state index in [4.69, 9.17) is 9.47 Å². The molecule has 9 heteroatoms. The summed E-state index contributed by atoms with van der Waals surface area (Å²) >= 11 is 0. The van der Waals surface area contributed by atoms with E-state index in [2.05, 4.69) is 10.6 Å². The van der Waals surface area contributed by atoms with Crippen molar-refractivity contribution in [2.45, 2.75) is 25.9 Å². The molecule has 184 valence electrons. The van der Waals surface area contributed by atoms with Gasteiger partial charge in [-0.05, 0) is 32.6 Å². The molecule has 9 nitrogen and oxygen atoms in total. The van der Waals surface area contributed by atoms with Crippen LogP contribution in [0.4, 0.5) is 0 Å². The van der Waals surface area contributed by atoms with Gasteiger partial charge in [-0.25, -0.2) is 0 Å². The molecule has 1 aliphatic rings. The standard InChI is InChI=1S/C26H30N4O5/c1-4-30-15-19(24(31)18-13-22-23(14-21(18)30)35-16-34-22)25(32)28-20(12-17-8-6-5-7-9-17)26(33)27-10-11-29(2)3/h5-9,13-15,20H,4,10-12,16H2,1-3H3,(H,27,33)(H,28,32)/t20-/m0/s1. The van der Waals surface area contributed by atoms with Crippen molar-refractivity contribution in [1.82, 2.24) is 20.1 Å². The number of aromatic nitrogens is 1. The Labute approximate surface area is 203 Å². The molecule has 2 amide bonds. The fourth-order valence-corrected chi connectivity index (χ4v) is 4.02. The second-order valence-electron chi connectivity index (χ2n) is 8.69. The van der Waals surface area contributed by atoms with Crippen LogP contribution in [0, 0.1) is 0 Å². The third kappa shape index (κ3) is 5.46. The summed E-state index contributed by atoms with van der Waals surface area (Å²) in [6, 6.07) is 12.0. The number of carbonyl (C=O) groups is 2. The van der Waals surface area contributed by atoms with E-state index < -0.39 is 17.4 Å². The zero-order valence-electron chi connectivity index (χ0n) is 20.2. The van der Waals surface area contributed by atoms with Gasteiger partial charge in [-0.2, -0.15) is 0 Å². The van der Waals surface area contributed by atoms with Gasteiger partial charge in [0.25, 0.3) is 5.91 Å². The van der Waals surface area contributed by atoms with Crippen LogP contribution in [0.25, 0.3) is 10.9 Å². The molecule has 1 aliphatic heterocycles. The number of benzene rings is 2. The molecule has 0 saturated carbocycles. The number of fused-ring (bicyclic) bond motifs is 2. The summed E-state index contributed by atoms with van der Waals surface area (Å²) in [6.07, 6.45) is 1.83. The van der Waals surface area contributed by atoms with E-state index in [9.17, 15) is 14.4 Å². The summed E-state index contributed by atoms with van der Waals surface area (Å²) < 4.78 is 12.7. The van der Waals surface area contributed by atoms with Crippen LogP contribution in [0.15, 0.2) is 53.5 Å². The minimum absolute atomic E-state index is 0.0302. The number of pyridine rings is 1. The molecule has 0 radical (unpaired) electrons. The predicted molar refractivity (Wildman–Crippen MR) is 133 cm³/mol. The van der Waals surface area contributed by atoms with E-state index >= 15 is 0 Å². The first-order valence-electron chi connectivity index (χ1n) is 11.6. The molecule has 2 heterocycles. The number of nitrogens with zero attached hydrogens (tertiary/aromatic N) is 2. The van der Waals surface area contributed by atoms with E-state index in [0.717, 1.165) is 5.56 Å². The first kappa shape index (κ1) is 24.3. The third-order valence-corrected chi connectivity index (χ3v) is 5.92. The van der Waals surface area contributed by atoms with Gasteiger partial charge in [-0.1, -0.05) is 30.3 Å². The van der Waals surface area contributed by atoms with Crippen LogP contribution < -0.4 is 25.5 Å². The maximum absolute atomic E-state index is 13.3. The van der Waals surface area contributed by atoms with Gasteiger partial charge in [-0.3, -0.25) is 14.4 Å². The summed E-state index contributed by atoms with van der Waals surface area (Å²) in [5.74, 6) is 0.134. The normalized spacial score (nSPS) is 13.1.